The van der Waals surface area contributed by atoms with Crippen molar-refractivity contribution in [3.63, 3.8) is 0 Å². The van der Waals surface area contributed by atoms with Gasteiger partial charge in [0, 0.05) is 22.0 Å². The largest absolute Gasteiger partial charge is 0.491 e. The van der Waals surface area contributed by atoms with Crippen LogP contribution < -0.4 is 9.46 Å². The van der Waals surface area contributed by atoms with Crippen LogP contribution in [0.15, 0.2) is 65.7 Å². The summed E-state index contributed by atoms with van der Waals surface area (Å²) in [4.78, 5) is 5.33. The molecule has 0 saturated heterocycles. The van der Waals surface area contributed by atoms with Crippen molar-refractivity contribution in [1.29, 1.82) is 5.26 Å². The third-order valence-electron chi connectivity index (χ3n) is 4.18. The molecule has 2 aromatic heterocycles. The number of benzene rings is 2. The van der Waals surface area contributed by atoms with Crippen LogP contribution in [-0.2, 0) is 0 Å². The maximum Gasteiger partial charge on any atom is 0.136 e. The van der Waals surface area contributed by atoms with Gasteiger partial charge >= 0.3 is 0 Å². The predicted octanol–water partition coefficient (Wildman–Crippen LogP) is 5.40. The zero-order valence-corrected chi connectivity index (χ0v) is 16.8. The Hall–Kier alpha value is -3.50. The number of H-pyrrole nitrogens is 1. The van der Waals surface area contributed by atoms with Crippen molar-refractivity contribution in [3.05, 3.63) is 66.4 Å². The van der Waals surface area contributed by atoms with Crippen LogP contribution in [0, 0.1) is 11.3 Å². The van der Waals surface area contributed by atoms with Crippen molar-refractivity contribution < 1.29 is 4.74 Å². The molecule has 0 saturated carbocycles. The molecule has 6 nitrogen and oxygen atoms in total. The number of fused-ring (bicyclic) bond motifs is 1. The number of rotatable bonds is 6. The van der Waals surface area contributed by atoms with Crippen LogP contribution in [0.3, 0.4) is 0 Å². The molecular weight excluding hydrogens is 382 g/mol. The first-order valence-electron chi connectivity index (χ1n) is 9.16. The number of hydrogen-bond donors (Lipinski definition) is 2. The first kappa shape index (κ1) is 18.8. The smallest absolute Gasteiger partial charge is 0.136 e. The van der Waals surface area contributed by atoms with Crippen LogP contribution in [-0.4, -0.2) is 21.3 Å². The molecule has 0 amide bonds. The monoisotopic (exact) mass is 401 g/mol. The molecule has 0 atom stereocenters. The van der Waals surface area contributed by atoms with Gasteiger partial charge in [-0.3, -0.25) is 5.10 Å². The predicted molar refractivity (Wildman–Crippen MR) is 116 cm³/mol. The molecule has 0 aliphatic heterocycles. The number of nitrogens with one attached hydrogen (secondary N) is 2. The van der Waals surface area contributed by atoms with Gasteiger partial charge in [0.25, 0.3) is 0 Å². The molecule has 0 aliphatic carbocycles. The third kappa shape index (κ3) is 4.33. The molecule has 0 unspecified atom stereocenters. The van der Waals surface area contributed by atoms with Gasteiger partial charge in [-0.2, -0.15) is 10.4 Å². The standard InChI is InChI=1S/C22H19N5OS/c1-14(2)28-17-6-7-20-19(12-17)22(26-25-20)16-8-9-24-21(11-16)27-29-18-5-3-4-15(10-18)13-23/h3-12,14H,1-2H3,(H,24,27)(H,25,26). The molecule has 0 spiro atoms. The molecule has 29 heavy (non-hydrogen) atoms. The molecule has 0 aliphatic rings. The molecule has 0 radical (unpaired) electrons. The highest BCUT2D eigenvalue weighted by atomic mass is 32.2. The van der Waals surface area contributed by atoms with Gasteiger partial charge in [-0.15, -0.1) is 0 Å². The van der Waals surface area contributed by atoms with Crippen molar-refractivity contribution in [2.24, 2.45) is 0 Å². The Balaban J connectivity index is 1.59. The van der Waals surface area contributed by atoms with Crippen LogP contribution in [0.4, 0.5) is 5.82 Å². The summed E-state index contributed by atoms with van der Waals surface area (Å²) >= 11 is 1.41. The van der Waals surface area contributed by atoms with E-state index in [0.29, 0.717) is 11.4 Å². The average molecular weight is 401 g/mol. The summed E-state index contributed by atoms with van der Waals surface area (Å²) in [5, 5.41) is 17.6. The lowest BCUT2D eigenvalue weighted by atomic mass is 10.1. The average Bonchev–Trinajstić information content (AvgIpc) is 3.15. The van der Waals surface area contributed by atoms with Gasteiger partial charge in [0.2, 0.25) is 0 Å². The summed E-state index contributed by atoms with van der Waals surface area (Å²) in [7, 11) is 0. The Morgan fingerprint density at radius 1 is 1.14 bits per heavy atom. The molecule has 2 heterocycles. The number of nitrogens with zero attached hydrogens (tertiary/aromatic N) is 3. The lowest BCUT2D eigenvalue weighted by Gasteiger charge is -2.09. The van der Waals surface area contributed by atoms with Crippen LogP contribution in [0.5, 0.6) is 5.75 Å². The number of ether oxygens (including phenoxy) is 1. The summed E-state index contributed by atoms with van der Waals surface area (Å²) < 4.78 is 9.05. The van der Waals surface area contributed by atoms with E-state index >= 15 is 0 Å². The number of aromatic amines is 1. The highest BCUT2D eigenvalue weighted by molar-refractivity contribution is 8.00. The van der Waals surface area contributed by atoms with Crippen LogP contribution >= 0.6 is 11.9 Å². The van der Waals surface area contributed by atoms with Crippen LogP contribution in [0.2, 0.25) is 0 Å². The summed E-state index contributed by atoms with van der Waals surface area (Å²) in [5.41, 5.74) is 3.36. The zero-order valence-electron chi connectivity index (χ0n) is 16.0. The Labute approximate surface area is 173 Å². The lowest BCUT2D eigenvalue weighted by Crippen LogP contribution is -2.05. The van der Waals surface area contributed by atoms with Crippen molar-refractivity contribution in [2.45, 2.75) is 24.8 Å². The first-order chi connectivity index (χ1) is 14.1. The molecule has 0 fully saturated rings. The van der Waals surface area contributed by atoms with E-state index in [9.17, 15) is 0 Å². The number of anilines is 1. The summed E-state index contributed by atoms with van der Waals surface area (Å²) in [6.07, 6.45) is 1.86. The molecule has 4 aromatic rings. The van der Waals surface area contributed by atoms with E-state index in [1.807, 2.05) is 62.4 Å². The van der Waals surface area contributed by atoms with Gasteiger partial charge in [-0.1, -0.05) is 6.07 Å². The third-order valence-corrected chi connectivity index (χ3v) is 4.98. The Morgan fingerprint density at radius 3 is 2.86 bits per heavy atom. The number of pyridine rings is 1. The molecule has 4 rings (SSSR count). The summed E-state index contributed by atoms with van der Waals surface area (Å²) in [6.45, 7) is 4.01. The minimum Gasteiger partial charge on any atom is -0.491 e. The van der Waals surface area contributed by atoms with Gasteiger partial charge in [-0.05, 0) is 74.3 Å². The van der Waals surface area contributed by atoms with Crippen molar-refractivity contribution >= 4 is 28.7 Å². The Bertz CT molecular complexity index is 1200. The van der Waals surface area contributed by atoms with E-state index in [-0.39, 0.29) is 6.10 Å². The first-order valence-corrected chi connectivity index (χ1v) is 9.98. The van der Waals surface area contributed by atoms with Crippen molar-refractivity contribution in [1.82, 2.24) is 15.2 Å². The van der Waals surface area contributed by atoms with Crippen molar-refractivity contribution in [3.8, 4) is 23.1 Å². The van der Waals surface area contributed by atoms with E-state index in [4.69, 9.17) is 10.00 Å². The Kier molecular flexibility index (Phi) is 5.36. The van der Waals surface area contributed by atoms with E-state index < -0.39 is 0 Å². The van der Waals surface area contributed by atoms with E-state index in [0.717, 1.165) is 32.8 Å². The SMILES string of the molecule is CC(C)Oc1ccc2[nH]nc(-c3ccnc(NSc4cccc(C#N)c4)c3)c2c1. The fraction of sp³-hybridized carbons (Fsp3) is 0.136. The van der Waals surface area contributed by atoms with Gasteiger partial charge in [-0.25, -0.2) is 4.98 Å². The number of hydrogen-bond acceptors (Lipinski definition) is 6. The highest BCUT2D eigenvalue weighted by Gasteiger charge is 2.11. The van der Waals surface area contributed by atoms with Gasteiger partial charge in [0.15, 0.2) is 0 Å². The molecule has 2 N–H and O–H groups in total. The molecule has 0 bridgehead atoms. The van der Waals surface area contributed by atoms with Gasteiger partial charge < -0.3 is 9.46 Å². The Morgan fingerprint density at radius 2 is 2.03 bits per heavy atom. The normalized spacial score (nSPS) is 10.8. The maximum absolute atomic E-state index is 9.03. The minimum atomic E-state index is 0.107. The topological polar surface area (TPSA) is 86.6 Å². The maximum atomic E-state index is 9.03. The quantitative estimate of drug-likeness (QED) is 0.421. The van der Waals surface area contributed by atoms with Crippen LogP contribution in [0.1, 0.15) is 19.4 Å². The molecule has 144 valence electrons. The second-order valence-electron chi connectivity index (χ2n) is 6.72. The van der Waals surface area contributed by atoms with E-state index in [2.05, 4.69) is 26.0 Å². The minimum absolute atomic E-state index is 0.107. The van der Waals surface area contributed by atoms with Gasteiger partial charge in [0.05, 0.1) is 23.3 Å². The summed E-state index contributed by atoms with van der Waals surface area (Å²) in [6, 6.07) is 19.4. The molecule has 2 aromatic carbocycles. The zero-order chi connectivity index (χ0) is 20.2. The molecule has 7 heteroatoms. The second kappa shape index (κ2) is 8.25. The fourth-order valence-corrected chi connectivity index (χ4v) is 3.60. The highest BCUT2D eigenvalue weighted by Crippen LogP contribution is 2.31. The second-order valence-corrected chi connectivity index (χ2v) is 7.60. The van der Waals surface area contributed by atoms with E-state index in [1.54, 1.807) is 12.3 Å². The van der Waals surface area contributed by atoms with Crippen molar-refractivity contribution in [2.75, 3.05) is 4.72 Å². The fourth-order valence-electron chi connectivity index (χ4n) is 2.93. The van der Waals surface area contributed by atoms with E-state index in [1.165, 1.54) is 11.9 Å². The van der Waals surface area contributed by atoms with Crippen LogP contribution in [0.25, 0.3) is 22.2 Å². The number of nitriles is 1. The van der Waals surface area contributed by atoms with Gasteiger partial charge in [0.1, 0.15) is 17.3 Å². The molecular formula is C22H19N5OS. The number of aromatic nitrogens is 3. The summed E-state index contributed by atoms with van der Waals surface area (Å²) in [5.74, 6) is 1.52. The lowest BCUT2D eigenvalue weighted by molar-refractivity contribution is 0.243.